The first-order valence-corrected chi connectivity index (χ1v) is 9.61. The van der Waals surface area contributed by atoms with Crippen LogP contribution < -0.4 is 14.2 Å². The van der Waals surface area contributed by atoms with Gasteiger partial charge in [-0.2, -0.15) is 0 Å². The van der Waals surface area contributed by atoms with Crippen molar-refractivity contribution in [2.24, 2.45) is 0 Å². The zero-order chi connectivity index (χ0) is 22.0. The third-order valence-electron chi connectivity index (χ3n) is 5.08. The number of methoxy groups -OCH3 is 4. The summed E-state index contributed by atoms with van der Waals surface area (Å²) in [6, 6.07) is 18.7. The maximum atomic E-state index is 12.7. The van der Waals surface area contributed by atoms with Crippen molar-refractivity contribution >= 4 is 16.9 Å². The molecule has 6 heteroatoms. The van der Waals surface area contributed by atoms with E-state index in [-0.39, 0.29) is 0 Å². The first kappa shape index (κ1) is 20.3. The second-order valence-electron chi connectivity index (χ2n) is 6.81. The van der Waals surface area contributed by atoms with Crippen LogP contribution in [0.3, 0.4) is 0 Å². The zero-order valence-corrected chi connectivity index (χ0v) is 17.7. The Bertz CT molecular complexity index is 1220. The standard InChI is InChI=1S/C25H22O6/c1-27-17-10-16(11-18(12-17)28-2)22-23-20(25(26)30-4)13-19(29-3)14-21(23)31-24(22)15-8-6-5-7-9-15/h5-14H,1-4H3. The molecule has 0 aliphatic heterocycles. The van der Waals surface area contributed by atoms with E-state index in [9.17, 15) is 4.79 Å². The third kappa shape index (κ3) is 3.68. The maximum absolute atomic E-state index is 12.7. The molecule has 0 saturated carbocycles. The summed E-state index contributed by atoms with van der Waals surface area (Å²) >= 11 is 0. The Labute approximate surface area is 179 Å². The van der Waals surface area contributed by atoms with E-state index < -0.39 is 5.97 Å². The summed E-state index contributed by atoms with van der Waals surface area (Å²) < 4.78 is 27.7. The van der Waals surface area contributed by atoms with E-state index in [1.165, 1.54) is 14.2 Å². The number of hydrogen-bond donors (Lipinski definition) is 0. The van der Waals surface area contributed by atoms with Gasteiger partial charge >= 0.3 is 5.97 Å². The molecular weight excluding hydrogens is 396 g/mol. The monoisotopic (exact) mass is 418 g/mol. The SMILES string of the molecule is COC(=O)c1cc(OC)cc2oc(-c3ccccc3)c(-c3cc(OC)cc(OC)c3)c12. The van der Waals surface area contributed by atoms with Gasteiger partial charge in [0, 0.05) is 28.6 Å². The lowest BCUT2D eigenvalue weighted by molar-refractivity contribution is 0.0602. The topological polar surface area (TPSA) is 67.1 Å². The van der Waals surface area contributed by atoms with Crippen LogP contribution in [0, 0.1) is 0 Å². The Balaban J connectivity index is 2.14. The first-order valence-electron chi connectivity index (χ1n) is 9.61. The van der Waals surface area contributed by atoms with Crippen molar-refractivity contribution < 1.29 is 28.2 Å². The van der Waals surface area contributed by atoms with Crippen LogP contribution >= 0.6 is 0 Å². The molecule has 0 unspecified atom stereocenters. The highest BCUT2D eigenvalue weighted by Crippen LogP contribution is 2.45. The molecule has 0 aliphatic rings. The molecule has 0 amide bonds. The van der Waals surface area contributed by atoms with Gasteiger partial charge in [-0.3, -0.25) is 0 Å². The average molecular weight is 418 g/mol. The van der Waals surface area contributed by atoms with Crippen molar-refractivity contribution in [1.29, 1.82) is 0 Å². The highest BCUT2D eigenvalue weighted by atomic mass is 16.5. The lowest BCUT2D eigenvalue weighted by Gasteiger charge is -2.11. The molecule has 31 heavy (non-hydrogen) atoms. The molecule has 6 nitrogen and oxygen atoms in total. The van der Waals surface area contributed by atoms with Crippen LogP contribution in [0.15, 0.2) is 65.1 Å². The predicted octanol–water partition coefficient (Wildman–Crippen LogP) is 5.58. The normalized spacial score (nSPS) is 10.7. The number of carbonyl (C=O) groups is 1. The van der Waals surface area contributed by atoms with Crippen molar-refractivity contribution in [3.05, 3.63) is 66.2 Å². The predicted molar refractivity (Wildman–Crippen MR) is 118 cm³/mol. The summed E-state index contributed by atoms with van der Waals surface area (Å²) in [4.78, 5) is 12.7. The van der Waals surface area contributed by atoms with Crippen LogP contribution in [0.1, 0.15) is 10.4 Å². The second-order valence-corrected chi connectivity index (χ2v) is 6.81. The van der Waals surface area contributed by atoms with Crippen molar-refractivity contribution in [1.82, 2.24) is 0 Å². The van der Waals surface area contributed by atoms with Crippen molar-refractivity contribution in [2.75, 3.05) is 28.4 Å². The highest BCUT2D eigenvalue weighted by molar-refractivity contribution is 6.13. The Morgan fingerprint density at radius 2 is 1.35 bits per heavy atom. The Morgan fingerprint density at radius 1 is 0.742 bits per heavy atom. The number of benzene rings is 3. The molecule has 4 aromatic rings. The van der Waals surface area contributed by atoms with Gasteiger partial charge in [0.25, 0.3) is 0 Å². The van der Waals surface area contributed by atoms with E-state index in [1.54, 1.807) is 32.4 Å². The number of furan rings is 1. The number of ether oxygens (including phenoxy) is 4. The van der Waals surface area contributed by atoms with Gasteiger partial charge in [-0.1, -0.05) is 30.3 Å². The molecule has 0 bridgehead atoms. The fraction of sp³-hybridized carbons (Fsp3) is 0.160. The molecule has 0 atom stereocenters. The minimum absolute atomic E-state index is 0.347. The molecule has 0 fully saturated rings. The second kappa shape index (κ2) is 8.44. The molecule has 0 N–H and O–H groups in total. The number of carbonyl (C=O) groups excluding carboxylic acids is 1. The minimum Gasteiger partial charge on any atom is -0.497 e. The lowest BCUT2D eigenvalue weighted by atomic mass is 9.95. The van der Waals surface area contributed by atoms with E-state index in [0.717, 1.165) is 16.7 Å². The lowest BCUT2D eigenvalue weighted by Crippen LogP contribution is -2.03. The fourth-order valence-electron chi connectivity index (χ4n) is 3.61. The van der Waals surface area contributed by atoms with Gasteiger partial charge in [-0.05, 0) is 23.8 Å². The quantitative estimate of drug-likeness (QED) is 0.381. The smallest absolute Gasteiger partial charge is 0.338 e. The summed E-state index contributed by atoms with van der Waals surface area (Å²) in [5.41, 5.74) is 3.24. The molecule has 158 valence electrons. The number of rotatable bonds is 6. The number of hydrogen-bond acceptors (Lipinski definition) is 6. The summed E-state index contributed by atoms with van der Waals surface area (Å²) in [5, 5.41) is 0.627. The fourth-order valence-corrected chi connectivity index (χ4v) is 3.61. The first-order chi connectivity index (χ1) is 15.1. The number of esters is 1. The van der Waals surface area contributed by atoms with Gasteiger partial charge < -0.3 is 23.4 Å². The van der Waals surface area contributed by atoms with Gasteiger partial charge in [0.1, 0.15) is 28.6 Å². The summed E-state index contributed by atoms with van der Waals surface area (Å²) in [6.07, 6.45) is 0. The Kier molecular flexibility index (Phi) is 5.54. The van der Waals surface area contributed by atoms with Crippen LogP contribution in [0.4, 0.5) is 0 Å². The molecule has 4 rings (SSSR count). The third-order valence-corrected chi connectivity index (χ3v) is 5.08. The van der Waals surface area contributed by atoms with E-state index in [4.69, 9.17) is 23.4 Å². The van der Waals surface area contributed by atoms with E-state index >= 15 is 0 Å². The molecular formula is C25H22O6. The van der Waals surface area contributed by atoms with Crippen LogP contribution in [-0.2, 0) is 4.74 Å². The molecule has 0 aliphatic carbocycles. The molecule has 1 heterocycles. The van der Waals surface area contributed by atoms with Crippen molar-refractivity contribution in [2.45, 2.75) is 0 Å². The summed E-state index contributed by atoms with van der Waals surface area (Å²) in [6.45, 7) is 0. The number of fused-ring (bicyclic) bond motifs is 1. The largest absolute Gasteiger partial charge is 0.497 e. The van der Waals surface area contributed by atoms with Gasteiger partial charge in [-0.15, -0.1) is 0 Å². The van der Waals surface area contributed by atoms with Gasteiger partial charge in [0.05, 0.1) is 34.0 Å². The maximum Gasteiger partial charge on any atom is 0.338 e. The Hall–Kier alpha value is -3.93. The van der Waals surface area contributed by atoms with Gasteiger partial charge in [-0.25, -0.2) is 4.79 Å². The van der Waals surface area contributed by atoms with Crippen LogP contribution in [0.5, 0.6) is 17.2 Å². The van der Waals surface area contributed by atoms with Crippen LogP contribution in [-0.4, -0.2) is 34.4 Å². The summed E-state index contributed by atoms with van der Waals surface area (Å²) in [7, 11) is 6.07. The van der Waals surface area contributed by atoms with E-state index in [1.807, 2.05) is 42.5 Å². The van der Waals surface area contributed by atoms with E-state index in [0.29, 0.717) is 39.5 Å². The molecule has 1 aromatic heterocycles. The van der Waals surface area contributed by atoms with Gasteiger partial charge in [0.15, 0.2) is 0 Å². The van der Waals surface area contributed by atoms with Crippen molar-refractivity contribution in [3.8, 4) is 39.7 Å². The molecule has 3 aromatic carbocycles. The van der Waals surface area contributed by atoms with E-state index in [2.05, 4.69) is 0 Å². The van der Waals surface area contributed by atoms with Crippen molar-refractivity contribution in [3.63, 3.8) is 0 Å². The Morgan fingerprint density at radius 3 is 1.94 bits per heavy atom. The van der Waals surface area contributed by atoms with Gasteiger partial charge in [0.2, 0.25) is 0 Å². The average Bonchev–Trinajstić information content (AvgIpc) is 3.22. The van der Waals surface area contributed by atoms with Crippen LogP contribution in [0.2, 0.25) is 0 Å². The molecule has 0 spiro atoms. The minimum atomic E-state index is -0.486. The molecule has 0 radical (unpaired) electrons. The highest BCUT2D eigenvalue weighted by Gasteiger charge is 2.25. The molecule has 0 saturated heterocycles. The summed E-state index contributed by atoms with van der Waals surface area (Å²) in [5.74, 6) is 1.87. The zero-order valence-electron chi connectivity index (χ0n) is 17.7. The van der Waals surface area contributed by atoms with Crippen LogP contribution in [0.25, 0.3) is 33.4 Å².